The van der Waals surface area contributed by atoms with Crippen LogP contribution in [0.25, 0.3) is 15.7 Å². The van der Waals surface area contributed by atoms with Gasteiger partial charge in [0, 0.05) is 12.0 Å². The van der Waals surface area contributed by atoms with Gasteiger partial charge in [-0.1, -0.05) is 30.3 Å². The lowest BCUT2D eigenvalue weighted by Crippen LogP contribution is -2.36. The fourth-order valence-electron chi connectivity index (χ4n) is 3.75. The number of benzene rings is 1. The van der Waals surface area contributed by atoms with Crippen molar-refractivity contribution in [2.45, 2.75) is 31.8 Å². The van der Waals surface area contributed by atoms with Crippen molar-refractivity contribution in [3.05, 3.63) is 69.6 Å². The Morgan fingerprint density at radius 2 is 2.07 bits per heavy atom. The molecule has 2 atom stereocenters. The number of fused-ring (bicyclic) bond motifs is 3. The maximum atomic E-state index is 12.8. The van der Waals surface area contributed by atoms with Gasteiger partial charge in [-0.05, 0) is 36.4 Å². The van der Waals surface area contributed by atoms with Gasteiger partial charge in [-0.25, -0.2) is 4.68 Å². The first kappa shape index (κ1) is 16.3. The van der Waals surface area contributed by atoms with Crippen molar-refractivity contribution in [3.63, 3.8) is 0 Å². The number of nitrogens with one attached hydrogen (secondary N) is 1. The molecular weight excluding hydrogens is 360 g/mol. The van der Waals surface area contributed by atoms with Crippen molar-refractivity contribution in [1.29, 1.82) is 0 Å². The van der Waals surface area contributed by atoms with E-state index >= 15 is 0 Å². The Hall–Kier alpha value is -2.93. The molecule has 0 bridgehead atoms. The molecule has 7 heteroatoms. The summed E-state index contributed by atoms with van der Waals surface area (Å²) in [5.74, 6) is 0.881. The normalized spacial score (nSPS) is 18.9. The van der Waals surface area contributed by atoms with Crippen LogP contribution < -0.4 is 10.9 Å². The van der Waals surface area contributed by atoms with Crippen LogP contribution in [0.5, 0.6) is 0 Å². The Balaban J connectivity index is 1.36. The van der Waals surface area contributed by atoms with Crippen LogP contribution in [0.3, 0.4) is 0 Å². The zero-order valence-corrected chi connectivity index (χ0v) is 15.6. The van der Waals surface area contributed by atoms with Crippen LogP contribution >= 0.6 is 11.3 Å². The quantitative estimate of drug-likeness (QED) is 0.594. The lowest BCUT2D eigenvalue weighted by Gasteiger charge is -2.09. The van der Waals surface area contributed by atoms with E-state index in [1.165, 1.54) is 10.2 Å². The Bertz CT molecular complexity index is 1220. The monoisotopic (exact) mass is 378 g/mol. The second-order valence-corrected chi connectivity index (χ2v) is 7.92. The van der Waals surface area contributed by atoms with Crippen molar-refractivity contribution in [3.8, 4) is 0 Å². The number of rotatable bonds is 4. The molecule has 5 rings (SSSR count). The highest BCUT2D eigenvalue weighted by Gasteiger charge is 2.39. The van der Waals surface area contributed by atoms with Crippen LogP contribution in [0.4, 0.5) is 0 Å². The second-order valence-electron chi connectivity index (χ2n) is 6.97. The molecule has 1 amide bonds. The Morgan fingerprint density at radius 3 is 2.89 bits per heavy atom. The van der Waals surface area contributed by atoms with Gasteiger partial charge < -0.3 is 5.32 Å². The second kappa shape index (κ2) is 6.06. The summed E-state index contributed by atoms with van der Waals surface area (Å²) in [5, 5.41) is 9.38. The molecule has 1 fully saturated rings. The van der Waals surface area contributed by atoms with Crippen molar-refractivity contribution in [2.75, 3.05) is 0 Å². The van der Waals surface area contributed by atoms with Gasteiger partial charge >= 0.3 is 0 Å². The van der Waals surface area contributed by atoms with Gasteiger partial charge in [0.1, 0.15) is 17.9 Å². The van der Waals surface area contributed by atoms with E-state index in [-0.39, 0.29) is 24.1 Å². The van der Waals surface area contributed by atoms with E-state index in [0.29, 0.717) is 17.3 Å². The molecule has 1 aliphatic rings. The van der Waals surface area contributed by atoms with E-state index in [9.17, 15) is 9.59 Å². The number of aryl methyl sites for hydroxylation is 1. The van der Waals surface area contributed by atoms with Crippen LogP contribution in [0.15, 0.2) is 52.6 Å². The third kappa shape index (κ3) is 2.75. The van der Waals surface area contributed by atoms with Crippen molar-refractivity contribution < 1.29 is 4.79 Å². The molecule has 1 aliphatic carbocycles. The number of carbonyl (C=O) groups excluding carboxylic acids is 1. The van der Waals surface area contributed by atoms with E-state index < -0.39 is 0 Å². The predicted molar refractivity (Wildman–Crippen MR) is 105 cm³/mol. The molecule has 3 aromatic heterocycles. The number of nitrogens with zero attached hydrogens (tertiary/aromatic N) is 3. The first-order valence-corrected chi connectivity index (χ1v) is 9.80. The summed E-state index contributed by atoms with van der Waals surface area (Å²) >= 11 is 1.59. The third-order valence-electron chi connectivity index (χ3n) is 5.12. The van der Waals surface area contributed by atoms with Gasteiger partial charge in [0.25, 0.3) is 5.56 Å². The molecule has 3 heterocycles. The Kier molecular flexibility index (Phi) is 3.65. The minimum Gasteiger partial charge on any atom is -0.351 e. The number of amides is 1. The van der Waals surface area contributed by atoms with Crippen molar-refractivity contribution >= 4 is 33.0 Å². The Labute approximate surface area is 159 Å². The largest absolute Gasteiger partial charge is 0.351 e. The number of hydrogen-bond donors (Lipinski definition) is 1. The molecule has 1 saturated carbocycles. The number of aromatic nitrogens is 3. The van der Waals surface area contributed by atoms with Gasteiger partial charge in [0.05, 0.1) is 10.2 Å². The molecule has 0 saturated heterocycles. The standard InChI is InChI=1S/C20H18N4O2S/c1-12-22-23(20(26)17-10-18-16(24(12)17)7-8-27-18)11-19(25)21-15-9-14(15)13-5-3-2-4-6-13/h2-8,10,14-15H,9,11H2,1H3,(H,21,25). The van der Waals surface area contributed by atoms with Gasteiger partial charge in [0.15, 0.2) is 0 Å². The van der Waals surface area contributed by atoms with E-state index in [1.54, 1.807) is 11.3 Å². The fraction of sp³-hybridized carbons (Fsp3) is 0.250. The summed E-state index contributed by atoms with van der Waals surface area (Å²) in [6.45, 7) is 1.79. The fourth-order valence-corrected chi connectivity index (χ4v) is 4.55. The molecule has 0 spiro atoms. The number of hydrogen-bond acceptors (Lipinski definition) is 4. The zero-order valence-electron chi connectivity index (χ0n) is 14.8. The van der Waals surface area contributed by atoms with Gasteiger partial charge in [-0.15, -0.1) is 11.3 Å². The number of thiophene rings is 1. The van der Waals surface area contributed by atoms with Crippen LogP contribution in [0.2, 0.25) is 0 Å². The van der Waals surface area contributed by atoms with Crippen LogP contribution in [0, 0.1) is 6.92 Å². The van der Waals surface area contributed by atoms with Gasteiger partial charge in [0.2, 0.25) is 5.91 Å². The van der Waals surface area contributed by atoms with Crippen molar-refractivity contribution in [1.82, 2.24) is 19.5 Å². The first-order valence-electron chi connectivity index (χ1n) is 8.92. The zero-order chi connectivity index (χ0) is 18.5. The Morgan fingerprint density at radius 1 is 1.26 bits per heavy atom. The lowest BCUT2D eigenvalue weighted by atomic mass is 10.1. The van der Waals surface area contributed by atoms with Gasteiger partial charge in [-0.2, -0.15) is 5.10 Å². The van der Waals surface area contributed by atoms with Crippen molar-refractivity contribution in [2.24, 2.45) is 0 Å². The molecule has 2 unspecified atom stereocenters. The van der Waals surface area contributed by atoms with E-state index in [4.69, 9.17) is 0 Å². The highest BCUT2D eigenvalue weighted by molar-refractivity contribution is 7.17. The maximum Gasteiger partial charge on any atom is 0.291 e. The average Bonchev–Trinajstić information content (AvgIpc) is 3.09. The first-order chi connectivity index (χ1) is 13.1. The summed E-state index contributed by atoms with van der Waals surface area (Å²) in [6.07, 6.45) is 0.936. The molecule has 4 aromatic rings. The SMILES string of the molecule is Cc1nn(CC(=O)NC2CC2c2ccccc2)c(=O)c2cc3sccc3n12. The van der Waals surface area contributed by atoms with Gasteiger partial charge in [-0.3, -0.25) is 14.0 Å². The smallest absolute Gasteiger partial charge is 0.291 e. The lowest BCUT2D eigenvalue weighted by molar-refractivity contribution is -0.122. The van der Waals surface area contributed by atoms with E-state index in [0.717, 1.165) is 16.6 Å². The summed E-state index contributed by atoms with van der Waals surface area (Å²) in [7, 11) is 0. The van der Waals surface area contributed by atoms with Crippen LogP contribution in [0.1, 0.15) is 23.7 Å². The van der Waals surface area contributed by atoms with Crippen LogP contribution in [-0.2, 0) is 11.3 Å². The summed E-state index contributed by atoms with van der Waals surface area (Å²) in [4.78, 5) is 25.2. The maximum absolute atomic E-state index is 12.8. The molecule has 6 nitrogen and oxygen atoms in total. The topological polar surface area (TPSA) is 68.4 Å². The molecule has 0 aliphatic heterocycles. The molecule has 0 radical (unpaired) electrons. The minimum atomic E-state index is -0.241. The van der Waals surface area contributed by atoms with Crippen LogP contribution in [-0.4, -0.2) is 26.1 Å². The van der Waals surface area contributed by atoms with E-state index in [2.05, 4.69) is 22.5 Å². The molecule has 136 valence electrons. The highest BCUT2D eigenvalue weighted by atomic mass is 32.1. The molecule has 1 aromatic carbocycles. The predicted octanol–water partition coefficient (Wildman–Crippen LogP) is 2.69. The van der Waals surface area contributed by atoms with E-state index in [1.807, 2.05) is 47.0 Å². The minimum absolute atomic E-state index is 0.0625. The number of carbonyl (C=O) groups is 1. The summed E-state index contributed by atoms with van der Waals surface area (Å²) in [5.41, 5.74) is 2.54. The third-order valence-corrected chi connectivity index (χ3v) is 5.98. The highest BCUT2D eigenvalue weighted by Crippen LogP contribution is 2.40. The summed E-state index contributed by atoms with van der Waals surface area (Å²) < 4.78 is 4.17. The molecule has 1 N–H and O–H groups in total. The molecular formula is C20H18N4O2S. The molecule has 27 heavy (non-hydrogen) atoms. The average molecular weight is 378 g/mol. The summed E-state index contributed by atoms with van der Waals surface area (Å²) in [6, 6.07) is 14.2.